The molecule has 0 N–H and O–H groups in total. The van der Waals surface area contributed by atoms with E-state index in [9.17, 15) is 13.2 Å². The van der Waals surface area contributed by atoms with Crippen LogP contribution >= 0.6 is 0 Å². The van der Waals surface area contributed by atoms with Gasteiger partial charge in [0.05, 0.1) is 6.42 Å². The molecular formula is C12H10Cl2F3Zr. The minimum atomic E-state index is -4.13. The van der Waals surface area contributed by atoms with Gasteiger partial charge in [-0.25, -0.2) is 0 Å². The summed E-state index contributed by atoms with van der Waals surface area (Å²) in [6.07, 6.45) is 6.50. The van der Waals surface area contributed by atoms with Crippen molar-refractivity contribution < 1.29 is 64.2 Å². The summed E-state index contributed by atoms with van der Waals surface area (Å²) in [5.41, 5.74) is 2.00. The number of rotatable bonds is 2. The molecule has 1 radical (unpaired) electrons. The SMILES string of the molecule is FC(F)(F)CC1=C(C2=[C-]CC=C2)CC=C1.[Cl-].[Cl-].[Zr+3]. The Kier molecular flexibility index (Phi) is 9.58. The molecule has 18 heavy (non-hydrogen) atoms. The van der Waals surface area contributed by atoms with Gasteiger partial charge in [-0.05, 0) is 0 Å². The van der Waals surface area contributed by atoms with Crippen LogP contribution in [0, 0.1) is 6.08 Å². The Morgan fingerprint density at radius 1 is 1.11 bits per heavy atom. The zero-order chi connectivity index (χ0) is 10.9. The smallest absolute Gasteiger partial charge is 1.00 e. The number of alkyl halides is 3. The van der Waals surface area contributed by atoms with Crippen molar-refractivity contribution in [3.8, 4) is 0 Å². The van der Waals surface area contributed by atoms with Crippen LogP contribution in [-0.2, 0) is 26.2 Å². The molecule has 0 saturated heterocycles. The first-order chi connectivity index (χ1) is 7.06. The third-order valence-electron chi connectivity index (χ3n) is 2.44. The van der Waals surface area contributed by atoms with Gasteiger partial charge in [-0.3, -0.25) is 0 Å². The quantitative estimate of drug-likeness (QED) is 0.487. The number of halogens is 5. The molecule has 0 unspecified atom stereocenters. The first-order valence-electron chi connectivity index (χ1n) is 4.79. The number of allylic oxidation sites excluding steroid dienone is 8. The van der Waals surface area contributed by atoms with Crippen LogP contribution < -0.4 is 24.8 Å². The molecule has 0 spiro atoms. The normalized spacial score (nSPS) is 16.9. The second-order valence-corrected chi connectivity index (χ2v) is 3.60. The summed E-state index contributed by atoms with van der Waals surface area (Å²) < 4.78 is 36.8. The van der Waals surface area contributed by atoms with Gasteiger partial charge in [-0.15, -0.1) is 11.6 Å². The molecule has 2 rings (SSSR count). The standard InChI is InChI=1S/C12H10F3.2ClH.Zr/c13-12(14,15)8-10-6-3-7-11(10)9-4-1-2-5-9;;;/h1,3-4,6H,2,7-8H2;2*1H;/q-1;;;+3/p-2. The Hall–Kier alpha value is 0.213. The first-order valence-corrected chi connectivity index (χ1v) is 4.79. The van der Waals surface area contributed by atoms with Gasteiger partial charge in [0.25, 0.3) is 0 Å². The monoisotopic (exact) mass is 371 g/mol. The van der Waals surface area contributed by atoms with Crippen LogP contribution in [0.3, 0.4) is 0 Å². The van der Waals surface area contributed by atoms with Crippen LogP contribution in [0.25, 0.3) is 0 Å². The molecule has 0 bridgehead atoms. The van der Waals surface area contributed by atoms with Crippen molar-refractivity contribution in [1.82, 2.24) is 0 Å². The second-order valence-electron chi connectivity index (χ2n) is 3.60. The van der Waals surface area contributed by atoms with Gasteiger partial charge >= 0.3 is 32.4 Å². The maximum absolute atomic E-state index is 12.3. The summed E-state index contributed by atoms with van der Waals surface area (Å²) in [6, 6.07) is 0. The summed E-state index contributed by atoms with van der Waals surface area (Å²) in [5.74, 6) is 0. The third-order valence-corrected chi connectivity index (χ3v) is 2.44. The average molecular weight is 373 g/mol. The molecule has 0 aromatic heterocycles. The molecule has 6 heteroatoms. The molecule has 0 aromatic rings. The molecule has 0 heterocycles. The fourth-order valence-electron chi connectivity index (χ4n) is 1.83. The first kappa shape index (κ1) is 20.5. The topological polar surface area (TPSA) is 0 Å². The Bertz CT molecular complexity index is 393. The molecule has 0 aromatic carbocycles. The molecular weight excluding hydrogens is 363 g/mol. The summed E-state index contributed by atoms with van der Waals surface area (Å²) in [7, 11) is 0. The summed E-state index contributed by atoms with van der Waals surface area (Å²) in [4.78, 5) is 0. The maximum Gasteiger partial charge on any atom is 3.00 e. The van der Waals surface area contributed by atoms with Crippen molar-refractivity contribution in [1.29, 1.82) is 0 Å². The summed E-state index contributed by atoms with van der Waals surface area (Å²) in [5, 5.41) is 0. The molecule has 2 aliphatic rings. The Labute approximate surface area is 136 Å². The van der Waals surface area contributed by atoms with Crippen LogP contribution in [-0.4, -0.2) is 6.18 Å². The number of hydrogen-bond acceptors (Lipinski definition) is 0. The van der Waals surface area contributed by atoms with Crippen molar-refractivity contribution in [2.75, 3.05) is 0 Å². The number of hydrogen-bond donors (Lipinski definition) is 0. The Morgan fingerprint density at radius 2 is 1.78 bits per heavy atom. The van der Waals surface area contributed by atoms with Crippen molar-refractivity contribution in [2.45, 2.75) is 25.4 Å². The van der Waals surface area contributed by atoms with E-state index in [0.29, 0.717) is 18.4 Å². The van der Waals surface area contributed by atoms with Gasteiger partial charge in [0.2, 0.25) is 0 Å². The third kappa shape index (κ3) is 5.46. The molecule has 0 fully saturated rings. The van der Waals surface area contributed by atoms with Gasteiger partial charge in [-0.2, -0.15) is 30.9 Å². The Balaban J connectivity index is 0. The van der Waals surface area contributed by atoms with Gasteiger partial charge < -0.3 is 24.8 Å². The average Bonchev–Trinajstić information content (AvgIpc) is 2.68. The van der Waals surface area contributed by atoms with Crippen molar-refractivity contribution in [3.05, 3.63) is 47.1 Å². The van der Waals surface area contributed by atoms with E-state index in [-0.39, 0.29) is 51.0 Å². The van der Waals surface area contributed by atoms with Crippen LogP contribution in [0.15, 0.2) is 41.0 Å². The van der Waals surface area contributed by atoms with Gasteiger partial charge in [0.1, 0.15) is 0 Å². The van der Waals surface area contributed by atoms with E-state index < -0.39 is 12.6 Å². The minimum absolute atomic E-state index is 0. The fourth-order valence-corrected chi connectivity index (χ4v) is 1.83. The predicted molar refractivity (Wildman–Crippen MR) is 52.0 cm³/mol. The summed E-state index contributed by atoms with van der Waals surface area (Å²) >= 11 is 0. The second kappa shape index (κ2) is 8.40. The molecule has 2 aliphatic carbocycles. The van der Waals surface area contributed by atoms with Gasteiger partial charge in [0.15, 0.2) is 0 Å². The van der Waals surface area contributed by atoms with Crippen molar-refractivity contribution in [3.63, 3.8) is 0 Å². The molecule has 0 saturated carbocycles. The van der Waals surface area contributed by atoms with E-state index in [0.717, 1.165) is 11.1 Å². The predicted octanol–water partition coefficient (Wildman–Crippen LogP) is -2.11. The Morgan fingerprint density at radius 3 is 2.28 bits per heavy atom. The fraction of sp³-hybridized carbons (Fsp3) is 0.333. The maximum atomic E-state index is 12.3. The molecule has 0 amide bonds. The zero-order valence-corrected chi connectivity index (χ0v) is 13.3. The van der Waals surface area contributed by atoms with E-state index in [1.807, 2.05) is 12.2 Å². The largest absolute Gasteiger partial charge is 3.00 e. The van der Waals surface area contributed by atoms with Crippen molar-refractivity contribution in [2.24, 2.45) is 0 Å². The van der Waals surface area contributed by atoms with Crippen molar-refractivity contribution >= 4 is 0 Å². The van der Waals surface area contributed by atoms with Crippen LogP contribution in [0.1, 0.15) is 19.3 Å². The van der Waals surface area contributed by atoms with Gasteiger partial charge in [0, 0.05) is 0 Å². The van der Waals surface area contributed by atoms with Gasteiger partial charge in [-0.1, -0.05) is 30.6 Å². The van der Waals surface area contributed by atoms with E-state index in [1.165, 1.54) is 0 Å². The summed E-state index contributed by atoms with van der Waals surface area (Å²) in [6.45, 7) is 0. The zero-order valence-electron chi connectivity index (χ0n) is 9.32. The van der Waals surface area contributed by atoms with E-state index in [4.69, 9.17) is 0 Å². The molecule has 0 atom stereocenters. The molecule has 0 nitrogen and oxygen atoms in total. The van der Waals surface area contributed by atoms with E-state index in [1.54, 1.807) is 12.2 Å². The van der Waals surface area contributed by atoms with E-state index in [2.05, 4.69) is 6.08 Å². The van der Waals surface area contributed by atoms with E-state index >= 15 is 0 Å². The minimum Gasteiger partial charge on any atom is -1.00 e. The molecule has 97 valence electrons. The van der Waals surface area contributed by atoms with Crippen LogP contribution in [0.4, 0.5) is 13.2 Å². The molecule has 0 aliphatic heterocycles. The van der Waals surface area contributed by atoms with Crippen LogP contribution in [0.2, 0.25) is 0 Å². The van der Waals surface area contributed by atoms with Crippen LogP contribution in [0.5, 0.6) is 0 Å².